The number of nitrogens with zero attached hydrogens (tertiary/aromatic N) is 10. The first-order valence-electron chi connectivity index (χ1n) is 18.3. The average Bonchev–Trinajstić information content (AvgIpc) is 4.02. The third kappa shape index (κ3) is 6.92. The summed E-state index contributed by atoms with van der Waals surface area (Å²) in [4.78, 5) is 35.0. The zero-order chi connectivity index (χ0) is 37.2. The van der Waals surface area contributed by atoms with Crippen LogP contribution in [0.5, 0.6) is 0 Å². The number of pyridine rings is 1. The van der Waals surface area contributed by atoms with Gasteiger partial charge in [0.05, 0.1) is 24.1 Å². The molecule has 5 heterocycles. The number of tetrazole rings is 1. The lowest BCUT2D eigenvalue weighted by molar-refractivity contribution is 0.00473. The molecule has 54 heavy (non-hydrogen) atoms. The second-order valence-corrected chi connectivity index (χ2v) is 13.9. The van der Waals surface area contributed by atoms with Crippen LogP contribution in [0.3, 0.4) is 0 Å². The fourth-order valence-corrected chi connectivity index (χ4v) is 7.83. The highest BCUT2D eigenvalue weighted by atomic mass is 16.3. The van der Waals surface area contributed by atoms with E-state index in [1.807, 2.05) is 66.1 Å². The Balaban J connectivity index is 1.15. The van der Waals surface area contributed by atoms with Gasteiger partial charge in [-0.15, -0.1) is 10.2 Å². The Morgan fingerprint density at radius 1 is 0.944 bits per heavy atom. The maximum Gasteiger partial charge on any atom is 0.312 e. The van der Waals surface area contributed by atoms with E-state index in [1.165, 1.54) is 4.80 Å². The van der Waals surface area contributed by atoms with Crippen LogP contribution in [0.25, 0.3) is 11.2 Å². The number of aryl methyl sites for hydroxylation is 1. The first-order chi connectivity index (χ1) is 26.4. The molecule has 6 aromatic rings. The van der Waals surface area contributed by atoms with Crippen molar-refractivity contribution < 1.29 is 15.0 Å². The lowest BCUT2D eigenvalue weighted by atomic mass is 9.91. The summed E-state index contributed by atoms with van der Waals surface area (Å²) < 4.78 is 1.82. The number of aliphatic hydroxyl groups is 2. The van der Waals surface area contributed by atoms with Gasteiger partial charge in [-0.1, -0.05) is 73.7 Å². The molecule has 4 aromatic heterocycles. The number of aromatic nitrogens is 9. The van der Waals surface area contributed by atoms with Crippen molar-refractivity contribution in [3.8, 4) is 0 Å². The molecule has 6 N–H and O–H groups in total. The summed E-state index contributed by atoms with van der Waals surface area (Å²) in [6.45, 7) is 3.60. The molecule has 2 fully saturated rings. The molecule has 6 atom stereocenters. The van der Waals surface area contributed by atoms with Crippen LogP contribution in [-0.4, -0.2) is 92.8 Å². The van der Waals surface area contributed by atoms with Gasteiger partial charge < -0.3 is 36.0 Å². The van der Waals surface area contributed by atoms with Crippen molar-refractivity contribution in [1.29, 1.82) is 0 Å². The molecule has 2 aromatic carbocycles. The minimum absolute atomic E-state index is 0.00822. The number of aliphatic hydroxyl groups excluding tert-OH is 2. The second-order valence-electron chi connectivity index (χ2n) is 13.9. The molecule has 0 radical (unpaired) electrons. The maximum atomic E-state index is 12.1. The zero-order valence-corrected chi connectivity index (χ0v) is 29.8. The number of benzene rings is 2. The smallest absolute Gasteiger partial charge is 0.312 e. The summed E-state index contributed by atoms with van der Waals surface area (Å²) in [5, 5.41) is 41.8. The van der Waals surface area contributed by atoms with Gasteiger partial charge in [-0.05, 0) is 41.3 Å². The van der Waals surface area contributed by atoms with Gasteiger partial charge in [0.25, 0.3) is 0 Å². The Hall–Kier alpha value is -6.00. The molecule has 278 valence electrons. The zero-order valence-electron chi connectivity index (χ0n) is 29.8. The van der Waals surface area contributed by atoms with E-state index in [0.717, 1.165) is 23.2 Å². The number of rotatable bonds is 12. The Bertz CT molecular complexity index is 2140. The number of carbonyl (C=O) groups excluding carboxylic acids is 1. The largest absolute Gasteiger partial charge is 0.388 e. The summed E-state index contributed by atoms with van der Waals surface area (Å²) in [5.74, 6) is 1.56. The number of hydrogen-bond donors (Lipinski definition) is 5. The topological polar surface area (TPSA) is 211 Å². The first-order valence-corrected chi connectivity index (χ1v) is 18.3. The fourth-order valence-electron chi connectivity index (χ4n) is 7.83. The van der Waals surface area contributed by atoms with Crippen LogP contribution in [0, 0.1) is 5.92 Å². The van der Waals surface area contributed by atoms with Crippen molar-refractivity contribution in [1.82, 2.24) is 50.0 Å². The van der Waals surface area contributed by atoms with Crippen molar-refractivity contribution in [2.24, 2.45) is 11.7 Å². The van der Waals surface area contributed by atoms with Crippen molar-refractivity contribution in [2.75, 3.05) is 29.9 Å². The van der Waals surface area contributed by atoms with Gasteiger partial charge in [0, 0.05) is 44.1 Å². The third-order valence-corrected chi connectivity index (χ3v) is 10.6. The van der Waals surface area contributed by atoms with Crippen molar-refractivity contribution in [3.63, 3.8) is 0 Å². The molecule has 0 spiro atoms. The molecule has 1 unspecified atom stereocenters. The van der Waals surface area contributed by atoms with Crippen LogP contribution in [-0.2, 0) is 6.42 Å². The van der Waals surface area contributed by atoms with Gasteiger partial charge >= 0.3 is 6.03 Å². The Kier molecular flexibility index (Phi) is 9.84. The minimum Gasteiger partial charge on any atom is -0.388 e. The van der Waals surface area contributed by atoms with Crippen molar-refractivity contribution in [3.05, 3.63) is 114 Å². The van der Waals surface area contributed by atoms with Gasteiger partial charge in [0.2, 0.25) is 5.95 Å². The molecule has 8 rings (SSSR count). The molecule has 1 aliphatic heterocycles. The molecule has 0 bridgehead atoms. The number of nitrogens with two attached hydrogens (primary N) is 1. The molecule has 16 nitrogen and oxygen atoms in total. The van der Waals surface area contributed by atoms with E-state index in [1.54, 1.807) is 12.5 Å². The summed E-state index contributed by atoms with van der Waals surface area (Å²) >= 11 is 0. The average molecular weight is 730 g/mol. The number of anilines is 2. The lowest BCUT2D eigenvalue weighted by Gasteiger charge is -2.24. The van der Waals surface area contributed by atoms with E-state index in [2.05, 4.69) is 60.2 Å². The number of fused-ring (bicyclic) bond motifs is 1. The quantitative estimate of drug-likeness (QED) is 0.123. The van der Waals surface area contributed by atoms with Crippen LogP contribution in [0.4, 0.5) is 16.6 Å². The summed E-state index contributed by atoms with van der Waals surface area (Å²) in [6, 6.07) is 24.1. The van der Waals surface area contributed by atoms with E-state index >= 15 is 0 Å². The van der Waals surface area contributed by atoms with Crippen LogP contribution in [0.1, 0.15) is 66.5 Å². The third-order valence-electron chi connectivity index (χ3n) is 10.6. The highest BCUT2D eigenvalue weighted by Crippen LogP contribution is 2.40. The van der Waals surface area contributed by atoms with Gasteiger partial charge in [-0.2, -0.15) is 14.8 Å². The molecular weight excluding hydrogens is 687 g/mol. The number of imidazole rings is 1. The number of hydrogen-bond acceptors (Lipinski definition) is 12. The Morgan fingerprint density at radius 2 is 1.67 bits per heavy atom. The summed E-state index contributed by atoms with van der Waals surface area (Å²) in [6.07, 6.45) is 2.73. The molecular formula is C38H43N13O3. The molecule has 2 aliphatic rings. The fraction of sp³-hybridized carbons (Fsp3) is 0.368. The summed E-state index contributed by atoms with van der Waals surface area (Å²) in [7, 11) is 0. The van der Waals surface area contributed by atoms with Gasteiger partial charge in [0.1, 0.15) is 18.2 Å². The first kappa shape index (κ1) is 35.1. The SMILES string of the molecule is CCc1nnn([C@H]2C[C@@H](n3cnc4c(NCC(c5ccccc5)c5ccccc5)nc(N5CC[C@@H](C(NC(N)=O)c6ccccn6)C5)nc43)[C@H](O)[C@@H]2O)n1. The van der Waals surface area contributed by atoms with E-state index in [9.17, 15) is 15.0 Å². The maximum absolute atomic E-state index is 12.1. The van der Waals surface area contributed by atoms with Crippen LogP contribution in [0.2, 0.25) is 0 Å². The molecule has 1 saturated carbocycles. The highest BCUT2D eigenvalue weighted by molar-refractivity contribution is 5.84. The normalized spacial score (nSPS) is 21.9. The molecule has 1 aliphatic carbocycles. The summed E-state index contributed by atoms with van der Waals surface area (Å²) in [5.41, 5.74) is 9.70. The Morgan fingerprint density at radius 3 is 2.33 bits per heavy atom. The van der Waals surface area contributed by atoms with E-state index in [-0.39, 0.29) is 11.8 Å². The van der Waals surface area contributed by atoms with E-state index in [0.29, 0.717) is 61.2 Å². The van der Waals surface area contributed by atoms with Crippen LogP contribution in [0.15, 0.2) is 91.4 Å². The van der Waals surface area contributed by atoms with E-state index in [4.69, 9.17) is 20.7 Å². The van der Waals surface area contributed by atoms with Gasteiger partial charge in [-0.25, -0.2) is 9.78 Å². The van der Waals surface area contributed by atoms with Crippen molar-refractivity contribution in [2.45, 2.75) is 62.4 Å². The number of carbonyl (C=O) groups is 1. The predicted octanol–water partition coefficient (Wildman–Crippen LogP) is 3.16. The monoisotopic (exact) mass is 729 g/mol. The van der Waals surface area contributed by atoms with Crippen LogP contribution >= 0.6 is 0 Å². The second kappa shape index (κ2) is 15.2. The Labute approximate surface area is 311 Å². The predicted molar refractivity (Wildman–Crippen MR) is 200 cm³/mol. The van der Waals surface area contributed by atoms with E-state index < -0.39 is 36.4 Å². The number of urea groups is 1. The number of primary amides is 1. The molecule has 1 saturated heterocycles. The van der Waals surface area contributed by atoms with Gasteiger partial charge in [-0.3, -0.25) is 4.98 Å². The molecule has 2 amide bonds. The minimum atomic E-state index is -1.14. The number of amides is 2. The van der Waals surface area contributed by atoms with Crippen molar-refractivity contribution >= 4 is 29.0 Å². The molecule has 16 heteroatoms. The van der Waals surface area contributed by atoms with Crippen LogP contribution < -0.4 is 21.3 Å². The number of nitrogens with one attached hydrogen (secondary N) is 2. The highest BCUT2D eigenvalue weighted by Gasteiger charge is 2.45. The standard InChI is InChI=1S/C38H43N13O3/c1-2-30-46-48-51(47-30)29-19-28(33(52)34(29)53)50-22-42-32-35(41-20-26(23-11-5-3-6-12-23)24-13-7-4-8-14-24)44-38(45-36(32)50)49-18-16-25(21-49)31(43-37(39)54)27-15-9-10-17-40-27/h3-15,17,22,25-26,28-29,31,33-34,52-53H,2,16,18-21H2,1H3,(H3,39,43,54)(H,41,44,45)/t25-,28-,29+,31?,33+,34-/m1/s1. The van der Waals surface area contributed by atoms with Gasteiger partial charge in [0.15, 0.2) is 22.8 Å². The lowest BCUT2D eigenvalue weighted by Crippen LogP contribution is -2.38.